The molecule has 0 N–H and O–H groups in total. The van der Waals surface area contributed by atoms with E-state index in [-0.39, 0.29) is 5.41 Å². The molecule has 0 atom stereocenters. The number of para-hydroxylation sites is 3. The van der Waals surface area contributed by atoms with Gasteiger partial charge in [-0.25, -0.2) is 9.55 Å². The van der Waals surface area contributed by atoms with E-state index < -0.39 is 0 Å². The van der Waals surface area contributed by atoms with Crippen LogP contribution >= 0.6 is 0 Å². The topological polar surface area (TPSA) is 34.8 Å². The van der Waals surface area contributed by atoms with Gasteiger partial charge in [0.05, 0.1) is 12.6 Å². The Labute approximate surface area is 214 Å². The van der Waals surface area contributed by atoms with Gasteiger partial charge in [-0.05, 0) is 42.5 Å². The van der Waals surface area contributed by atoms with Crippen LogP contribution in [0, 0.1) is 6.92 Å². The number of hydrogen-bond acceptors (Lipinski definition) is 2. The second-order valence-corrected chi connectivity index (χ2v) is 11.7. The van der Waals surface area contributed by atoms with E-state index >= 15 is 0 Å². The van der Waals surface area contributed by atoms with Gasteiger partial charge in [-0.15, -0.1) is 0 Å². The van der Waals surface area contributed by atoms with E-state index in [0.29, 0.717) is 11.8 Å². The lowest BCUT2D eigenvalue weighted by Gasteiger charge is -2.18. The molecule has 2 heterocycles. The molecule has 0 bridgehead atoms. The Morgan fingerprint density at radius 1 is 0.861 bits per heavy atom. The molecule has 4 heteroatoms. The molecule has 0 aliphatic carbocycles. The van der Waals surface area contributed by atoms with Gasteiger partial charge >= 0.3 is 0 Å². The molecule has 186 valence electrons. The van der Waals surface area contributed by atoms with Crippen LogP contribution < -0.4 is 4.57 Å². The van der Waals surface area contributed by atoms with E-state index in [2.05, 4.69) is 126 Å². The van der Waals surface area contributed by atoms with Crippen molar-refractivity contribution in [3.05, 3.63) is 77.2 Å². The van der Waals surface area contributed by atoms with E-state index in [1.165, 1.54) is 33.4 Å². The quantitative estimate of drug-likeness (QED) is 0.243. The first-order chi connectivity index (χ1) is 17.0. The minimum atomic E-state index is -0.172. The molecule has 5 aromatic rings. The molecule has 5 rings (SSSR count). The van der Waals surface area contributed by atoms with Crippen LogP contribution in [-0.2, 0) is 12.5 Å². The number of nitrogens with zero attached hydrogens (tertiary/aromatic N) is 3. The van der Waals surface area contributed by atoms with E-state index in [4.69, 9.17) is 9.40 Å². The average molecular weight is 481 g/mol. The summed E-state index contributed by atoms with van der Waals surface area (Å²) in [7, 11) is 2.17. The van der Waals surface area contributed by atoms with Crippen LogP contribution in [0.5, 0.6) is 0 Å². The van der Waals surface area contributed by atoms with Gasteiger partial charge < -0.3 is 4.42 Å². The second-order valence-electron chi connectivity index (χ2n) is 11.7. The van der Waals surface area contributed by atoms with E-state index in [9.17, 15) is 0 Å². The highest BCUT2D eigenvalue weighted by atomic mass is 16.3. The van der Waals surface area contributed by atoms with Crippen LogP contribution in [0.3, 0.4) is 0 Å². The number of benzene rings is 3. The molecule has 0 spiro atoms. The number of aromatic nitrogens is 3. The first-order valence-corrected chi connectivity index (χ1v) is 13.0. The van der Waals surface area contributed by atoms with Crippen molar-refractivity contribution in [1.29, 1.82) is 0 Å². The number of oxazole rings is 1. The molecular weight excluding hydrogens is 442 g/mol. The molecule has 0 fully saturated rings. The van der Waals surface area contributed by atoms with Gasteiger partial charge in [-0.3, -0.25) is 0 Å². The maximum absolute atomic E-state index is 6.30. The number of hydrogen-bond donors (Lipinski definition) is 0. The summed E-state index contributed by atoms with van der Waals surface area (Å²) in [6.07, 6.45) is 0. The van der Waals surface area contributed by atoms with E-state index in [1.807, 2.05) is 0 Å². The summed E-state index contributed by atoms with van der Waals surface area (Å²) >= 11 is 0. The van der Waals surface area contributed by atoms with Gasteiger partial charge in [0.25, 0.3) is 5.82 Å². The van der Waals surface area contributed by atoms with Gasteiger partial charge in [0.2, 0.25) is 5.89 Å². The summed E-state index contributed by atoms with van der Waals surface area (Å²) in [6.45, 7) is 17.8. The van der Waals surface area contributed by atoms with Gasteiger partial charge in [0.1, 0.15) is 11.2 Å². The third-order valence-corrected chi connectivity index (χ3v) is 7.21. The molecule has 0 unspecified atom stereocenters. The zero-order valence-corrected chi connectivity index (χ0v) is 23.1. The maximum Gasteiger partial charge on any atom is 0.297 e. The van der Waals surface area contributed by atoms with Gasteiger partial charge in [0.15, 0.2) is 16.6 Å². The normalized spacial score (nSPS) is 12.5. The van der Waals surface area contributed by atoms with Gasteiger partial charge in [0, 0.05) is 16.5 Å². The summed E-state index contributed by atoms with van der Waals surface area (Å²) in [6, 6.07) is 19.7. The lowest BCUT2D eigenvalue weighted by Crippen LogP contribution is -2.30. The predicted molar refractivity (Wildman–Crippen MR) is 149 cm³/mol. The smallest absolute Gasteiger partial charge is 0.297 e. The maximum atomic E-state index is 6.30. The van der Waals surface area contributed by atoms with Crippen molar-refractivity contribution in [2.45, 2.75) is 72.6 Å². The molecule has 0 aliphatic rings. The molecule has 4 nitrogen and oxygen atoms in total. The molecule has 2 aromatic heterocycles. The average Bonchev–Trinajstić information content (AvgIpc) is 3.38. The molecule has 0 radical (unpaired) electrons. The summed E-state index contributed by atoms with van der Waals surface area (Å²) in [4.78, 5) is 5.09. The van der Waals surface area contributed by atoms with Crippen molar-refractivity contribution in [1.82, 2.24) is 9.55 Å². The van der Waals surface area contributed by atoms with E-state index in [1.54, 1.807) is 0 Å². The second kappa shape index (κ2) is 8.62. The fourth-order valence-electron chi connectivity index (χ4n) is 5.29. The Hall–Kier alpha value is -3.40. The summed E-state index contributed by atoms with van der Waals surface area (Å²) in [5, 5.41) is 0. The van der Waals surface area contributed by atoms with Crippen molar-refractivity contribution >= 4 is 22.1 Å². The zero-order valence-electron chi connectivity index (χ0n) is 23.1. The van der Waals surface area contributed by atoms with Crippen molar-refractivity contribution < 1.29 is 8.98 Å². The number of aryl methyl sites for hydroxylation is 2. The molecule has 36 heavy (non-hydrogen) atoms. The Bertz CT molecular complexity index is 1570. The van der Waals surface area contributed by atoms with Crippen LogP contribution in [0.15, 0.2) is 59.0 Å². The minimum absolute atomic E-state index is 0.172. The SMILES string of the molecule is Cc1ccc2oc(C(C)(C)C)nc2c1-c1n(-c2c(C(C)C)cccc2C(C)C)c2ccccc2[n+]1C. The summed E-state index contributed by atoms with van der Waals surface area (Å²) < 4.78 is 11.1. The number of fused-ring (bicyclic) bond motifs is 2. The molecule has 0 aliphatic heterocycles. The fraction of sp³-hybridized carbons (Fsp3) is 0.375. The largest absolute Gasteiger partial charge is 0.440 e. The highest BCUT2D eigenvalue weighted by Gasteiger charge is 2.33. The van der Waals surface area contributed by atoms with Crippen LogP contribution in [0.25, 0.3) is 39.2 Å². The lowest BCUT2D eigenvalue weighted by atomic mass is 9.92. The monoisotopic (exact) mass is 480 g/mol. The van der Waals surface area contributed by atoms with Crippen molar-refractivity contribution in [3.63, 3.8) is 0 Å². The third kappa shape index (κ3) is 3.75. The van der Waals surface area contributed by atoms with Crippen molar-refractivity contribution in [3.8, 4) is 17.1 Å². The van der Waals surface area contributed by atoms with Gasteiger partial charge in [-0.2, -0.15) is 4.57 Å². The Morgan fingerprint density at radius 2 is 1.50 bits per heavy atom. The molecule has 0 amide bonds. The Morgan fingerprint density at radius 3 is 2.11 bits per heavy atom. The molecule has 0 saturated heterocycles. The van der Waals surface area contributed by atoms with Crippen LogP contribution in [0.1, 0.15) is 82.9 Å². The molecule has 0 saturated carbocycles. The molecular formula is C32H38N3O+. The van der Waals surface area contributed by atoms with Crippen LogP contribution in [0.4, 0.5) is 0 Å². The number of imidazole rings is 1. The minimum Gasteiger partial charge on any atom is -0.440 e. The summed E-state index contributed by atoms with van der Waals surface area (Å²) in [5.41, 5.74) is 10.3. The van der Waals surface area contributed by atoms with E-state index in [0.717, 1.165) is 28.4 Å². The Kier molecular flexibility index (Phi) is 5.82. The predicted octanol–water partition coefficient (Wildman–Crippen LogP) is 8.12. The first kappa shape index (κ1) is 24.3. The number of rotatable bonds is 4. The summed E-state index contributed by atoms with van der Waals surface area (Å²) in [5.74, 6) is 2.66. The first-order valence-electron chi connectivity index (χ1n) is 13.0. The highest BCUT2D eigenvalue weighted by Crippen LogP contribution is 2.40. The fourth-order valence-corrected chi connectivity index (χ4v) is 5.29. The zero-order chi connectivity index (χ0) is 25.9. The third-order valence-electron chi connectivity index (χ3n) is 7.21. The van der Waals surface area contributed by atoms with Crippen molar-refractivity contribution in [2.24, 2.45) is 7.05 Å². The van der Waals surface area contributed by atoms with Gasteiger partial charge in [-0.1, -0.05) is 84.9 Å². The standard InChI is InChI=1S/C32H38N3O/c1-19(2)22-13-12-14-23(20(3)4)29(22)35-25-16-11-10-15-24(25)34(9)30(35)27-21(5)17-18-26-28(27)33-31(36-26)32(6,7)8/h10-20H,1-9H3/q+1. The lowest BCUT2D eigenvalue weighted by molar-refractivity contribution is -0.633. The van der Waals surface area contributed by atoms with Crippen LogP contribution in [-0.4, -0.2) is 9.55 Å². The van der Waals surface area contributed by atoms with Crippen LogP contribution in [0.2, 0.25) is 0 Å². The Balaban J connectivity index is 1.99. The molecule has 3 aromatic carbocycles. The highest BCUT2D eigenvalue weighted by molar-refractivity contribution is 5.93. The van der Waals surface area contributed by atoms with Crippen molar-refractivity contribution in [2.75, 3.05) is 0 Å².